The monoisotopic (exact) mass is 399 g/mol. The van der Waals surface area contributed by atoms with Crippen molar-refractivity contribution in [2.24, 2.45) is 5.92 Å². The van der Waals surface area contributed by atoms with Gasteiger partial charge in [0.1, 0.15) is 5.82 Å². The highest BCUT2D eigenvalue weighted by molar-refractivity contribution is 5.92. The number of nitrogens with one attached hydrogen (secondary N) is 1. The predicted molar refractivity (Wildman–Crippen MR) is 108 cm³/mol. The minimum absolute atomic E-state index is 0.0696. The molecule has 2 aromatic heterocycles. The third-order valence-electron chi connectivity index (χ3n) is 5.18. The van der Waals surface area contributed by atoms with Crippen LogP contribution < -0.4 is 5.32 Å². The number of rotatable bonds is 7. The average Bonchev–Trinajstić information content (AvgIpc) is 3.19. The van der Waals surface area contributed by atoms with E-state index < -0.39 is 0 Å². The van der Waals surface area contributed by atoms with E-state index in [1.807, 2.05) is 32.9 Å². The topological polar surface area (TPSA) is 101 Å². The van der Waals surface area contributed by atoms with Crippen molar-refractivity contribution < 1.29 is 14.1 Å². The standard InChI is InChI=1S/C21H29N5O3/c1-14(2)19-23-17(29-25-19)9-4-10-18(27)26-12-6-8-16(13-26)21(28)24-20-15(3)7-5-11-22-20/h5,7,11,14,16H,4,6,8-10,12-13H2,1-3H3,(H,22,24,28). The first kappa shape index (κ1) is 21.0. The fraction of sp³-hybridized carbons (Fsp3) is 0.571. The molecule has 8 heteroatoms. The normalized spacial score (nSPS) is 16.8. The number of aromatic nitrogens is 3. The van der Waals surface area contributed by atoms with Gasteiger partial charge in [0, 0.05) is 38.0 Å². The molecule has 8 nitrogen and oxygen atoms in total. The number of carbonyl (C=O) groups excluding carboxylic acids is 2. The van der Waals surface area contributed by atoms with Crippen LogP contribution in [0.4, 0.5) is 5.82 Å². The Bertz CT molecular complexity index is 848. The fourth-order valence-corrected chi connectivity index (χ4v) is 3.41. The van der Waals surface area contributed by atoms with Crippen molar-refractivity contribution in [3.63, 3.8) is 0 Å². The van der Waals surface area contributed by atoms with Gasteiger partial charge in [-0.05, 0) is 37.8 Å². The van der Waals surface area contributed by atoms with Gasteiger partial charge in [0.2, 0.25) is 17.7 Å². The third-order valence-corrected chi connectivity index (χ3v) is 5.18. The predicted octanol–water partition coefficient (Wildman–Crippen LogP) is 3.10. The molecule has 1 aliphatic heterocycles. The van der Waals surface area contributed by atoms with Gasteiger partial charge in [0.05, 0.1) is 5.92 Å². The van der Waals surface area contributed by atoms with Crippen molar-refractivity contribution in [1.82, 2.24) is 20.0 Å². The lowest BCUT2D eigenvalue weighted by Gasteiger charge is -2.32. The summed E-state index contributed by atoms with van der Waals surface area (Å²) in [6.07, 6.45) is 4.91. The summed E-state index contributed by atoms with van der Waals surface area (Å²) >= 11 is 0. The number of carbonyl (C=O) groups is 2. The number of nitrogens with zero attached hydrogens (tertiary/aromatic N) is 4. The molecule has 1 N–H and O–H groups in total. The van der Waals surface area contributed by atoms with Gasteiger partial charge in [0.25, 0.3) is 0 Å². The number of piperidine rings is 1. The molecule has 0 aromatic carbocycles. The maximum absolute atomic E-state index is 12.6. The molecule has 2 amide bonds. The lowest BCUT2D eigenvalue weighted by atomic mass is 9.96. The Balaban J connectivity index is 1.47. The van der Waals surface area contributed by atoms with Crippen LogP contribution in [0.3, 0.4) is 0 Å². The SMILES string of the molecule is Cc1cccnc1NC(=O)C1CCCN(C(=O)CCCc2nc(C(C)C)no2)C1. The highest BCUT2D eigenvalue weighted by Crippen LogP contribution is 2.20. The summed E-state index contributed by atoms with van der Waals surface area (Å²) in [5.41, 5.74) is 0.922. The minimum Gasteiger partial charge on any atom is -0.342 e. The van der Waals surface area contributed by atoms with Crippen LogP contribution in [0.1, 0.15) is 62.7 Å². The maximum Gasteiger partial charge on any atom is 0.230 e. The molecule has 1 atom stereocenters. The van der Waals surface area contributed by atoms with E-state index >= 15 is 0 Å². The van der Waals surface area contributed by atoms with Crippen molar-refractivity contribution >= 4 is 17.6 Å². The smallest absolute Gasteiger partial charge is 0.230 e. The second-order valence-electron chi connectivity index (χ2n) is 7.89. The lowest BCUT2D eigenvalue weighted by molar-refractivity contribution is -0.134. The number of hydrogen-bond donors (Lipinski definition) is 1. The molecule has 156 valence electrons. The molecule has 3 rings (SSSR count). The van der Waals surface area contributed by atoms with Gasteiger partial charge in [-0.3, -0.25) is 9.59 Å². The van der Waals surface area contributed by atoms with Gasteiger partial charge in [-0.2, -0.15) is 4.98 Å². The van der Waals surface area contributed by atoms with Gasteiger partial charge in [-0.25, -0.2) is 4.98 Å². The Labute approximate surface area is 171 Å². The van der Waals surface area contributed by atoms with Gasteiger partial charge < -0.3 is 14.7 Å². The number of hydrogen-bond acceptors (Lipinski definition) is 6. The van der Waals surface area contributed by atoms with E-state index in [4.69, 9.17) is 4.52 Å². The van der Waals surface area contributed by atoms with Gasteiger partial charge in [-0.15, -0.1) is 0 Å². The number of anilines is 1. The zero-order valence-corrected chi connectivity index (χ0v) is 17.4. The zero-order chi connectivity index (χ0) is 20.8. The Morgan fingerprint density at radius 1 is 1.38 bits per heavy atom. The average molecular weight is 399 g/mol. The summed E-state index contributed by atoms with van der Waals surface area (Å²) in [4.78, 5) is 35.6. The summed E-state index contributed by atoms with van der Waals surface area (Å²) in [7, 11) is 0. The molecule has 0 bridgehead atoms. The van der Waals surface area contributed by atoms with E-state index in [0.717, 1.165) is 18.4 Å². The Hall–Kier alpha value is -2.77. The van der Waals surface area contributed by atoms with Crippen LogP contribution in [-0.4, -0.2) is 44.9 Å². The van der Waals surface area contributed by atoms with E-state index in [-0.39, 0.29) is 23.7 Å². The molecule has 0 saturated carbocycles. The van der Waals surface area contributed by atoms with Gasteiger partial charge in [-0.1, -0.05) is 25.1 Å². The Morgan fingerprint density at radius 2 is 2.21 bits per heavy atom. The molecule has 29 heavy (non-hydrogen) atoms. The maximum atomic E-state index is 12.6. The van der Waals surface area contributed by atoms with Crippen LogP contribution in [0.5, 0.6) is 0 Å². The molecule has 1 saturated heterocycles. The first-order valence-electron chi connectivity index (χ1n) is 10.3. The molecular weight excluding hydrogens is 370 g/mol. The van der Waals surface area contributed by atoms with Crippen LogP contribution in [0.15, 0.2) is 22.9 Å². The van der Waals surface area contributed by atoms with E-state index in [1.54, 1.807) is 11.1 Å². The van der Waals surface area contributed by atoms with E-state index in [2.05, 4.69) is 20.4 Å². The summed E-state index contributed by atoms with van der Waals surface area (Å²) in [5.74, 6) is 1.86. The first-order valence-corrected chi connectivity index (χ1v) is 10.3. The number of amides is 2. The largest absolute Gasteiger partial charge is 0.342 e. The first-order chi connectivity index (χ1) is 13.9. The van der Waals surface area contributed by atoms with Gasteiger partial charge in [0.15, 0.2) is 5.82 Å². The number of likely N-dealkylation sites (tertiary alicyclic amines) is 1. The molecule has 2 aromatic rings. The summed E-state index contributed by atoms with van der Waals surface area (Å²) < 4.78 is 5.22. The number of aryl methyl sites for hydroxylation is 2. The molecule has 1 fully saturated rings. The van der Waals surface area contributed by atoms with Crippen LogP contribution in [0.2, 0.25) is 0 Å². The summed E-state index contributed by atoms with van der Waals surface area (Å²) in [6.45, 7) is 7.08. The van der Waals surface area contributed by atoms with E-state index in [0.29, 0.717) is 49.9 Å². The van der Waals surface area contributed by atoms with Crippen molar-refractivity contribution in [2.45, 2.75) is 58.8 Å². The molecule has 0 radical (unpaired) electrons. The molecular formula is C21H29N5O3. The number of pyridine rings is 1. The van der Waals surface area contributed by atoms with Crippen molar-refractivity contribution in [3.8, 4) is 0 Å². The molecule has 3 heterocycles. The van der Waals surface area contributed by atoms with Crippen LogP contribution in [-0.2, 0) is 16.0 Å². The summed E-state index contributed by atoms with van der Waals surface area (Å²) in [6, 6.07) is 3.75. The quantitative estimate of drug-likeness (QED) is 0.768. The van der Waals surface area contributed by atoms with Crippen molar-refractivity contribution in [2.75, 3.05) is 18.4 Å². The molecule has 0 aliphatic carbocycles. The van der Waals surface area contributed by atoms with Crippen molar-refractivity contribution in [1.29, 1.82) is 0 Å². The van der Waals surface area contributed by atoms with Crippen molar-refractivity contribution in [3.05, 3.63) is 35.6 Å². The summed E-state index contributed by atoms with van der Waals surface area (Å²) in [5, 5.41) is 6.84. The lowest BCUT2D eigenvalue weighted by Crippen LogP contribution is -2.43. The fourth-order valence-electron chi connectivity index (χ4n) is 3.41. The third kappa shape index (κ3) is 5.62. The highest BCUT2D eigenvalue weighted by Gasteiger charge is 2.28. The molecule has 0 spiro atoms. The highest BCUT2D eigenvalue weighted by atomic mass is 16.5. The van der Waals surface area contributed by atoms with Crippen LogP contribution >= 0.6 is 0 Å². The molecule has 1 aliphatic rings. The van der Waals surface area contributed by atoms with Gasteiger partial charge >= 0.3 is 0 Å². The Kier molecular flexibility index (Phi) is 6.95. The Morgan fingerprint density at radius 3 is 2.93 bits per heavy atom. The van der Waals surface area contributed by atoms with Crippen LogP contribution in [0.25, 0.3) is 0 Å². The minimum atomic E-state index is -0.210. The zero-order valence-electron chi connectivity index (χ0n) is 17.4. The van der Waals surface area contributed by atoms with Crippen LogP contribution in [0, 0.1) is 12.8 Å². The molecule has 1 unspecified atom stereocenters. The second kappa shape index (κ2) is 9.62. The van der Waals surface area contributed by atoms with E-state index in [9.17, 15) is 9.59 Å². The van der Waals surface area contributed by atoms with E-state index in [1.165, 1.54) is 0 Å². The second-order valence-corrected chi connectivity index (χ2v) is 7.89.